The van der Waals surface area contributed by atoms with E-state index in [0.717, 1.165) is 5.56 Å². The number of hydrogen-bond donors (Lipinski definition) is 1. The van der Waals surface area contributed by atoms with E-state index in [1.54, 1.807) is 0 Å². The van der Waals surface area contributed by atoms with Gasteiger partial charge in [-0.3, -0.25) is 4.79 Å². The fourth-order valence-electron chi connectivity index (χ4n) is 1.89. The second kappa shape index (κ2) is 5.45. The third-order valence-electron chi connectivity index (χ3n) is 2.96. The number of hydrogen-bond acceptors (Lipinski definition) is 4. The molecule has 0 amide bonds. The highest BCUT2D eigenvalue weighted by Gasteiger charge is 2.27. The van der Waals surface area contributed by atoms with E-state index in [1.165, 1.54) is 0 Å². The maximum absolute atomic E-state index is 11.1. The molecule has 1 heterocycles. The van der Waals surface area contributed by atoms with Gasteiger partial charge in [0.05, 0.1) is 12.3 Å². The average molecular weight is 274 g/mol. The Balaban J connectivity index is 2.37. The Morgan fingerprint density at radius 2 is 1.90 bits per heavy atom. The number of carboxylic acids is 1. The lowest BCUT2D eigenvalue weighted by Gasteiger charge is -2.13. The Morgan fingerprint density at radius 1 is 1.25 bits per heavy atom. The maximum Gasteiger partial charge on any atom is 0.304 e. The van der Waals surface area contributed by atoms with Crippen LogP contribution in [-0.2, 0) is 10.2 Å². The van der Waals surface area contributed by atoms with Crippen molar-refractivity contribution in [1.29, 1.82) is 0 Å². The van der Waals surface area contributed by atoms with Crippen LogP contribution in [0, 0.1) is 0 Å². The van der Waals surface area contributed by atoms with Gasteiger partial charge in [0, 0.05) is 5.41 Å². The van der Waals surface area contributed by atoms with Crippen molar-refractivity contribution in [3.63, 3.8) is 0 Å². The minimum absolute atomic E-state index is 0.0736. The quantitative estimate of drug-likeness (QED) is 0.927. The van der Waals surface area contributed by atoms with Crippen LogP contribution in [0.5, 0.6) is 0 Å². The summed E-state index contributed by atoms with van der Waals surface area (Å²) >= 11 is 0. The fraction of sp³-hybridized carbons (Fsp3) is 0.400. The predicted octanol–water partition coefficient (Wildman–Crippen LogP) is 2.97. The zero-order chi connectivity index (χ0) is 14.8. The van der Waals surface area contributed by atoms with E-state index in [9.17, 15) is 4.79 Å². The van der Waals surface area contributed by atoms with Crippen LogP contribution in [-0.4, -0.2) is 21.3 Å². The van der Waals surface area contributed by atoms with E-state index in [-0.39, 0.29) is 11.8 Å². The third-order valence-corrected chi connectivity index (χ3v) is 2.96. The largest absolute Gasteiger partial charge is 0.481 e. The highest BCUT2D eigenvalue weighted by Crippen LogP contribution is 2.29. The van der Waals surface area contributed by atoms with Gasteiger partial charge in [-0.1, -0.05) is 51.1 Å². The second-order valence-corrected chi connectivity index (χ2v) is 5.76. The van der Waals surface area contributed by atoms with Crippen molar-refractivity contribution < 1.29 is 14.3 Å². The van der Waals surface area contributed by atoms with Gasteiger partial charge in [0.25, 0.3) is 0 Å². The van der Waals surface area contributed by atoms with Crippen molar-refractivity contribution in [1.82, 2.24) is 10.2 Å². The van der Waals surface area contributed by atoms with Crippen molar-refractivity contribution in [2.24, 2.45) is 0 Å². The van der Waals surface area contributed by atoms with Gasteiger partial charge in [-0.2, -0.15) is 0 Å². The van der Waals surface area contributed by atoms with Crippen molar-refractivity contribution in [2.45, 2.75) is 38.5 Å². The molecule has 0 saturated heterocycles. The summed E-state index contributed by atoms with van der Waals surface area (Å²) < 4.78 is 5.68. The van der Waals surface area contributed by atoms with Crippen molar-refractivity contribution >= 4 is 5.97 Å². The monoisotopic (exact) mass is 274 g/mol. The number of nitrogens with zero attached hydrogens (tertiary/aromatic N) is 2. The molecule has 1 unspecified atom stereocenters. The number of rotatable bonds is 4. The molecule has 1 aromatic carbocycles. The molecule has 2 aromatic rings. The van der Waals surface area contributed by atoms with Gasteiger partial charge in [0.1, 0.15) is 0 Å². The van der Waals surface area contributed by atoms with Crippen LogP contribution in [0.25, 0.3) is 0 Å². The van der Waals surface area contributed by atoms with Gasteiger partial charge in [-0.25, -0.2) is 0 Å². The lowest BCUT2D eigenvalue weighted by molar-refractivity contribution is -0.137. The summed E-state index contributed by atoms with van der Waals surface area (Å²) in [6.45, 7) is 5.91. The first-order valence-corrected chi connectivity index (χ1v) is 6.48. The van der Waals surface area contributed by atoms with Gasteiger partial charge < -0.3 is 9.52 Å². The topological polar surface area (TPSA) is 76.2 Å². The highest BCUT2D eigenvalue weighted by molar-refractivity contribution is 5.68. The van der Waals surface area contributed by atoms with Crippen molar-refractivity contribution in [3.05, 3.63) is 47.7 Å². The lowest BCUT2D eigenvalue weighted by atomic mass is 9.95. The second-order valence-electron chi connectivity index (χ2n) is 5.76. The molecule has 0 fully saturated rings. The first kappa shape index (κ1) is 14.2. The standard InChI is InChI=1S/C15H18N2O3/c1-15(2,3)14-17-16-13(20-14)11(9-12(18)19)10-7-5-4-6-8-10/h4-8,11H,9H2,1-3H3,(H,18,19). The number of carbonyl (C=O) groups is 1. The van der Waals surface area contributed by atoms with Crippen LogP contribution in [0.3, 0.4) is 0 Å². The zero-order valence-electron chi connectivity index (χ0n) is 11.8. The van der Waals surface area contributed by atoms with E-state index >= 15 is 0 Å². The van der Waals surface area contributed by atoms with Crippen LogP contribution in [0.1, 0.15) is 50.5 Å². The van der Waals surface area contributed by atoms with E-state index in [4.69, 9.17) is 9.52 Å². The van der Waals surface area contributed by atoms with Gasteiger partial charge in [-0.05, 0) is 5.56 Å². The van der Waals surface area contributed by atoms with Crippen LogP contribution < -0.4 is 0 Å². The van der Waals surface area contributed by atoms with Crippen LogP contribution in [0.4, 0.5) is 0 Å². The van der Waals surface area contributed by atoms with E-state index < -0.39 is 11.9 Å². The Kier molecular flexibility index (Phi) is 3.88. The molecule has 0 aliphatic rings. The molecule has 0 aliphatic carbocycles. The maximum atomic E-state index is 11.1. The van der Waals surface area contributed by atoms with Gasteiger partial charge in [0.2, 0.25) is 11.8 Å². The molecular weight excluding hydrogens is 256 g/mol. The minimum atomic E-state index is -0.894. The molecule has 1 aromatic heterocycles. The summed E-state index contributed by atoms with van der Waals surface area (Å²) in [6.07, 6.45) is -0.0736. The summed E-state index contributed by atoms with van der Waals surface area (Å²) in [5.74, 6) is -0.450. The van der Waals surface area contributed by atoms with Crippen LogP contribution in [0.15, 0.2) is 34.7 Å². The molecule has 0 spiro atoms. The van der Waals surface area contributed by atoms with Gasteiger partial charge in [0.15, 0.2) is 0 Å². The zero-order valence-corrected chi connectivity index (χ0v) is 11.8. The molecule has 0 radical (unpaired) electrons. The van der Waals surface area contributed by atoms with E-state index in [0.29, 0.717) is 11.8 Å². The van der Waals surface area contributed by atoms with Crippen molar-refractivity contribution in [2.75, 3.05) is 0 Å². The van der Waals surface area contributed by atoms with Crippen molar-refractivity contribution in [3.8, 4) is 0 Å². The minimum Gasteiger partial charge on any atom is -0.481 e. The predicted molar refractivity (Wildman–Crippen MR) is 73.5 cm³/mol. The summed E-state index contributed by atoms with van der Waals surface area (Å²) in [6, 6.07) is 9.36. The third kappa shape index (κ3) is 3.23. The van der Waals surface area contributed by atoms with E-state index in [1.807, 2.05) is 51.1 Å². The molecule has 20 heavy (non-hydrogen) atoms. The highest BCUT2D eigenvalue weighted by atomic mass is 16.4. The molecule has 5 nitrogen and oxygen atoms in total. The first-order chi connectivity index (χ1) is 9.38. The molecule has 0 saturated carbocycles. The molecule has 1 atom stereocenters. The molecular formula is C15H18N2O3. The average Bonchev–Trinajstić information content (AvgIpc) is 2.86. The summed E-state index contributed by atoms with van der Waals surface area (Å²) in [5, 5.41) is 17.1. The smallest absolute Gasteiger partial charge is 0.304 e. The Bertz CT molecular complexity index is 585. The molecule has 2 rings (SSSR count). The number of carboxylic acid groups (broad SMARTS) is 1. The van der Waals surface area contributed by atoms with Crippen LogP contribution >= 0.6 is 0 Å². The molecule has 106 valence electrons. The summed E-state index contributed by atoms with van der Waals surface area (Å²) in [4.78, 5) is 11.1. The van der Waals surface area contributed by atoms with E-state index in [2.05, 4.69) is 10.2 Å². The van der Waals surface area contributed by atoms with Gasteiger partial charge in [-0.15, -0.1) is 10.2 Å². The molecule has 5 heteroatoms. The Morgan fingerprint density at radius 3 is 2.40 bits per heavy atom. The number of benzene rings is 1. The first-order valence-electron chi connectivity index (χ1n) is 6.48. The fourth-order valence-corrected chi connectivity index (χ4v) is 1.89. The molecule has 0 aliphatic heterocycles. The Labute approximate surface area is 117 Å². The molecule has 0 bridgehead atoms. The van der Waals surface area contributed by atoms with Gasteiger partial charge >= 0.3 is 5.97 Å². The summed E-state index contributed by atoms with van der Waals surface area (Å²) in [7, 11) is 0. The number of aromatic nitrogens is 2. The normalized spacial score (nSPS) is 13.2. The molecule has 1 N–H and O–H groups in total. The Hall–Kier alpha value is -2.17. The lowest BCUT2D eigenvalue weighted by Crippen LogP contribution is -2.11. The SMILES string of the molecule is CC(C)(C)c1nnc(C(CC(=O)O)c2ccccc2)o1. The summed E-state index contributed by atoms with van der Waals surface area (Å²) in [5.41, 5.74) is 0.606. The van der Waals surface area contributed by atoms with Crippen LogP contribution in [0.2, 0.25) is 0 Å². The number of aliphatic carboxylic acids is 1.